The Hall–Kier alpha value is -2.02. The molecule has 1 aromatic heterocycles. The highest BCUT2D eigenvalue weighted by atomic mass is 16.5. The Labute approximate surface area is 166 Å². The van der Waals surface area contributed by atoms with E-state index < -0.39 is 11.6 Å². The SMILES string of the molecule is CC(C)(C(=O)N1CC(O)C(Cc2ccnc3ccccc23)C1)N1CCOCC1. The number of benzene rings is 1. The average molecular weight is 383 g/mol. The average Bonchev–Trinajstić information content (AvgIpc) is 3.08. The molecule has 1 aromatic carbocycles. The molecule has 1 amide bonds. The lowest BCUT2D eigenvalue weighted by molar-refractivity contribution is -0.144. The monoisotopic (exact) mass is 383 g/mol. The van der Waals surface area contributed by atoms with E-state index in [2.05, 4.69) is 16.0 Å². The second-order valence-electron chi connectivity index (χ2n) is 8.39. The van der Waals surface area contributed by atoms with E-state index in [4.69, 9.17) is 4.74 Å². The van der Waals surface area contributed by atoms with Gasteiger partial charge in [0.05, 0.1) is 30.4 Å². The van der Waals surface area contributed by atoms with Crippen LogP contribution in [0.3, 0.4) is 0 Å². The molecule has 2 aromatic rings. The first-order valence-corrected chi connectivity index (χ1v) is 10.1. The van der Waals surface area contributed by atoms with Gasteiger partial charge in [-0.1, -0.05) is 18.2 Å². The predicted octanol–water partition coefficient (Wildman–Crippen LogP) is 1.71. The van der Waals surface area contributed by atoms with Crippen LogP contribution in [-0.4, -0.2) is 76.8 Å². The van der Waals surface area contributed by atoms with Crippen molar-refractivity contribution < 1.29 is 14.6 Å². The number of aliphatic hydroxyl groups is 1. The number of aliphatic hydroxyl groups excluding tert-OH is 1. The Morgan fingerprint density at radius 2 is 1.96 bits per heavy atom. The molecule has 0 bridgehead atoms. The molecule has 2 aliphatic rings. The third-order valence-electron chi connectivity index (χ3n) is 6.24. The molecule has 6 nitrogen and oxygen atoms in total. The lowest BCUT2D eigenvalue weighted by atomic mass is 9.94. The number of morpholine rings is 1. The number of pyridine rings is 1. The molecule has 28 heavy (non-hydrogen) atoms. The van der Waals surface area contributed by atoms with Gasteiger partial charge in [0.2, 0.25) is 5.91 Å². The van der Waals surface area contributed by atoms with Crippen molar-refractivity contribution >= 4 is 16.8 Å². The van der Waals surface area contributed by atoms with Crippen molar-refractivity contribution in [1.82, 2.24) is 14.8 Å². The van der Waals surface area contributed by atoms with Crippen molar-refractivity contribution in [3.8, 4) is 0 Å². The summed E-state index contributed by atoms with van der Waals surface area (Å²) >= 11 is 0. The summed E-state index contributed by atoms with van der Waals surface area (Å²) < 4.78 is 5.42. The first-order chi connectivity index (χ1) is 13.5. The lowest BCUT2D eigenvalue weighted by Gasteiger charge is -2.41. The van der Waals surface area contributed by atoms with E-state index >= 15 is 0 Å². The number of aromatic nitrogens is 1. The Bertz CT molecular complexity index is 843. The van der Waals surface area contributed by atoms with Crippen LogP contribution in [0.1, 0.15) is 19.4 Å². The van der Waals surface area contributed by atoms with Crippen LogP contribution in [0.15, 0.2) is 36.5 Å². The molecule has 2 aliphatic heterocycles. The van der Waals surface area contributed by atoms with Gasteiger partial charge in [0.25, 0.3) is 0 Å². The molecular weight excluding hydrogens is 354 g/mol. The topological polar surface area (TPSA) is 65.9 Å². The number of carbonyl (C=O) groups excluding carboxylic acids is 1. The molecule has 0 spiro atoms. The summed E-state index contributed by atoms with van der Waals surface area (Å²) in [6.07, 6.45) is 2.06. The van der Waals surface area contributed by atoms with Gasteiger partial charge in [0.1, 0.15) is 0 Å². The number of fused-ring (bicyclic) bond motifs is 1. The summed E-state index contributed by atoms with van der Waals surface area (Å²) in [5, 5.41) is 11.8. The Balaban J connectivity index is 1.47. The molecule has 2 fully saturated rings. The molecule has 2 unspecified atom stereocenters. The molecule has 4 rings (SSSR count). The van der Waals surface area contributed by atoms with E-state index in [-0.39, 0.29) is 11.8 Å². The minimum absolute atomic E-state index is 0.0373. The van der Waals surface area contributed by atoms with E-state index in [1.54, 1.807) is 0 Å². The van der Waals surface area contributed by atoms with E-state index in [0.717, 1.165) is 30.4 Å². The van der Waals surface area contributed by atoms with Gasteiger partial charge in [-0.3, -0.25) is 14.7 Å². The molecule has 3 heterocycles. The molecular formula is C22H29N3O3. The number of β-amino-alcohol motifs (C(OH)–C–C–N with tert-alkyl or cyclic N) is 1. The summed E-state index contributed by atoms with van der Waals surface area (Å²) in [5.74, 6) is 0.130. The van der Waals surface area contributed by atoms with Crippen LogP contribution in [-0.2, 0) is 16.0 Å². The number of rotatable bonds is 4. The number of para-hydroxylation sites is 1. The number of nitrogens with zero attached hydrogens (tertiary/aromatic N) is 3. The summed E-state index contributed by atoms with van der Waals surface area (Å²) in [4.78, 5) is 21.7. The van der Waals surface area contributed by atoms with Gasteiger partial charge in [-0.2, -0.15) is 0 Å². The van der Waals surface area contributed by atoms with Crippen molar-refractivity contribution in [1.29, 1.82) is 0 Å². The zero-order chi connectivity index (χ0) is 19.7. The highest BCUT2D eigenvalue weighted by Gasteiger charge is 2.43. The van der Waals surface area contributed by atoms with Crippen molar-refractivity contribution in [2.45, 2.75) is 31.9 Å². The zero-order valence-corrected chi connectivity index (χ0v) is 16.7. The Morgan fingerprint density at radius 1 is 1.21 bits per heavy atom. The zero-order valence-electron chi connectivity index (χ0n) is 16.7. The molecule has 2 atom stereocenters. The van der Waals surface area contributed by atoms with Gasteiger partial charge in [0.15, 0.2) is 0 Å². The van der Waals surface area contributed by atoms with Gasteiger partial charge < -0.3 is 14.7 Å². The number of ether oxygens (including phenoxy) is 1. The molecule has 6 heteroatoms. The molecule has 0 radical (unpaired) electrons. The van der Waals surface area contributed by atoms with Crippen LogP contribution < -0.4 is 0 Å². The summed E-state index contributed by atoms with van der Waals surface area (Å²) in [6.45, 7) is 7.81. The standard InChI is InChI=1S/C22H29N3O3/c1-22(2,25-9-11-28-12-10-25)21(27)24-14-17(20(26)15-24)13-16-7-8-23-19-6-4-3-5-18(16)19/h3-8,17,20,26H,9-15H2,1-2H3. The van der Waals surface area contributed by atoms with E-state index in [1.165, 1.54) is 5.56 Å². The van der Waals surface area contributed by atoms with Crippen LogP contribution in [0.25, 0.3) is 10.9 Å². The highest BCUT2D eigenvalue weighted by Crippen LogP contribution is 2.28. The third-order valence-corrected chi connectivity index (χ3v) is 6.24. The Kier molecular flexibility index (Phi) is 5.36. The number of amides is 1. The number of hydrogen-bond acceptors (Lipinski definition) is 5. The van der Waals surface area contributed by atoms with Crippen molar-refractivity contribution in [2.24, 2.45) is 5.92 Å². The maximum absolute atomic E-state index is 13.2. The van der Waals surface area contributed by atoms with Crippen LogP contribution in [0.4, 0.5) is 0 Å². The quantitative estimate of drug-likeness (QED) is 0.871. The molecule has 0 saturated carbocycles. The van der Waals surface area contributed by atoms with Gasteiger partial charge in [-0.15, -0.1) is 0 Å². The van der Waals surface area contributed by atoms with Crippen LogP contribution in [0.2, 0.25) is 0 Å². The van der Waals surface area contributed by atoms with E-state index in [9.17, 15) is 9.90 Å². The van der Waals surface area contributed by atoms with Gasteiger partial charge in [-0.05, 0) is 38.0 Å². The summed E-state index contributed by atoms with van der Waals surface area (Å²) in [7, 11) is 0. The van der Waals surface area contributed by atoms with Crippen molar-refractivity contribution in [3.63, 3.8) is 0 Å². The van der Waals surface area contributed by atoms with E-state index in [1.807, 2.05) is 49.2 Å². The maximum atomic E-state index is 13.2. The molecule has 150 valence electrons. The largest absolute Gasteiger partial charge is 0.391 e. The van der Waals surface area contributed by atoms with Crippen molar-refractivity contribution in [2.75, 3.05) is 39.4 Å². The maximum Gasteiger partial charge on any atom is 0.242 e. The fourth-order valence-electron chi connectivity index (χ4n) is 4.48. The minimum Gasteiger partial charge on any atom is -0.391 e. The molecule has 0 aliphatic carbocycles. The van der Waals surface area contributed by atoms with Crippen LogP contribution in [0, 0.1) is 5.92 Å². The first-order valence-electron chi connectivity index (χ1n) is 10.1. The molecule has 1 N–H and O–H groups in total. The normalized spacial score (nSPS) is 24.0. The molecule has 2 saturated heterocycles. The number of hydrogen-bond donors (Lipinski definition) is 1. The predicted molar refractivity (Wildman–Crippen MR) is 108 cm³/mol. The van der Waals surface area contributed by atoms with Crippen LogP contribution in [0.5, 0.6) is 0 Å². The summed E-state index contributed by atoms with van der Waals surface area (Å²) in [6, 6.07) is 10.1. The lowest BCUT2D eigenvalue weighted by Crippen LogP contribution is -2.58. The highest BCUT2D eigenvalue weighted by molar-refractivity contribution is 5.86. The second kappa shape index (κ2) is 7.78. The minimum atomic E-state index is -0.582. The van der Waals surface area contributed by atoms with Gasteiger partial charge >= 0.3 is 0 Å². The second-order valence-corrected chi connectivity index (χ2v) is 8.39. The van der Waals surface area contributed by atoms with E-state index in [0.29, 0.717) is 26.3 Å². The fraction of sp³-hybridized carbons (Fsp3) is 0.545. The summed E-state index contributed by atoms with van der Waals surface area (Å²) in [5.41, 5.74) is 1.56. The number of likely N-dealkylation sites (tertiary alicyclic amines) is 1. The Morgan fingerprint density at radius 3 is 2.75 bits per heavy atom. The smallest absolute Gasteiger partial charge is 0.242 e. The van der Waals surface area contributed by atoms with Crippen LogP contribution >= 0.6 is 0 Å². The van der Waals surface area contributed by atoms with Gasteiger partial charge in [-0.25, -0.2) is 0 Å². The first kappa shape index (κ1) is 19.3. The third kappa shape index (κ3) is 3.64. The van der Waals surface area contributed by atoms with Crippen molar-refractivity contribution in [3.05, 3.63) is 42.1 Å². The number of carbonyl (C=O) groups is 1. The van der Waals surface area contributed by atoms with Gasteiger partial charge in [0, 0.05) is 43.7 Å². The fourth-order valence-corrected chi connectivity index (χ4v) is 4.48.